The minimum Gasteiger partial charge on any atom is -0.428 e. The number of sulfone groups is 1. The van der Waals surface area contributed by atoms with Crippen molar-refractivity contribution in [3.63, 3.8) is 0 Å². The predicted molar refractivity (Wildman–Crippen MR) is 62.5 cm³/mol. The maximum atomic E-state index is 12.2. The highest BCUT2D eigenvalue weighted by atomic mass is 32.2. The second kappa shape index (κ2) is 3.82. The zero-order valence-corrected chi connectivity index (χ0v) is 9.90. The van der Waals surface area contributed by atoms with Crippen molar-refractivity contribution < 1.29 is 12.8 Å². The summed E-state index contributed by atoms with van der Waals surface area (Å²) in [5.74, 6) is 0. The number of rotatable bonds is 2. The third kappa shape index (κ3) is 1.73. The summed E-state index contributed by atoms with van der Waals surface area (Å²) in [5, 5.41) is 2.45. The van der Waals surface area contributed by atoms with Crippen LogP contribution in [0.5, 0.6) is 0 Å². The number of para-hydroxylation sites is 2. The van der Waals surface area contributed by atoms with E-state index in [2.05, 4.69) is 10.3 Å². The molecule has 1 atom stereocenters. The van der Waals surface area contributed by atoms with Crippen LogP contribution >= 0.6 is 0 Å². The van der Waals surface area contributed by atoms with Crippen molar-refractivity contribution in [2.45, 2.75) is 16.9 Å². The first-order valence-corrected chi connectivity index (χ1v) is 7.03. The maximum absolute atomic E-state index is 12.2. The van der Waals surface area contributed by atoms with Crippen molar-refractivity contribution in [1.29, 1.82) is 0 Å². The van der Waals surface area contributed by atoms with Gasteiger partial charge in [0.2, 0.25) is 9.84 Å². The van der Waals surface area contributed by atoms with E-state index >= 15 is 0 Å². The second-order valence-corrected chi connectivity index (χ2v) is 6.21. The molecule has 3 rings (SSSR count). The first kappa shape index (κ1) is 10.7. The van der Waals surface area contributed by atoms with Crippen LogP contribution in [0.1, 0.15) is 6.42 Å². The molecule has 1 saturated heterocycles. The molecule has 0 spiro atoms. The summed E-state index contributed by atoms with van der Waals surface area (Å²) in [6.45, 7) is 1.20. The Bertz CT molecular complexity index is 609. The van der Waals surface area contributed by atoms with Crippen LogP contribution in [0.4, 0.5) is 0 Å². The van der Waals surface area contributed by atoms with Gasteiger partial charge in [-0.1, -0.05) is 12.1 Å². The number of oxazole rings is 1. The third-order valence-electron chi connectivity index (χ3n) is 2.97. The first-order valence-electron chi connectivity index (χ1n) is 5.48. The molecule has 0 saturated carbocycles. The Labute approximate surface area is 98.8 Å². The Morgan fingerprint density at radius 2 is 2.18 bits per heavy atom. The molecule has 0 aliphatic carbocycles. The summed E-state index contributed by atoms with van der Waals surface area (Å²) in [7, 11) is -3.44. The van der Waals surface area contributed by atoms with Crippen LogP contribution in [0.2, 0.25) is 0 Å². The number of hydrogen-bond donors (Lipinski definition) is 1. The molecule has 2 heterocycles. The van der Waals surface area contributed by atoms with E-state index < -0.39 is 15.1 Å². The van der Waals surface area contributed by atoms with E-state index in [9.17, 15) is 8.42 Å². The third-order valence-corrected chi connectivity index (χ3v) is 4.91. The second-order valence-electron chi connectivity index (χ2n) is 4.11. The van der Waals surface area contributed by atoms with Gasteiger partial charge in [-0.25, -0.2) is 8.42 Å². The molecule has 2 aromatic rings. The Kier molecular flexibility index (Phi) is 2.41. The Balaban J connectivity index is 2.08. The number of aromatic nitrogens is 1. The Morgan fingerprint density at radius 3 is 2.88 bits per heavy atom. The monoisotopic (exact) mass is 252 g/mol. The van der Waals surface area contributed by atoms with Gasteiger partial charge in [0.05, 0.1) is 5.25 Å². The number of nitrogens with zero attached hydrogens (tertiary/aromatic N) is 1. The zero-order valence-electron chi connectivity index (χ0n) is 9.09. The number of hydrogen-bond acceptors (Lipinski definition) is 5. The van der Waals surface area contributed by atoms with Gasteiger partial charge in [0.25, 0.3) is 0 Å². The lowest BCUT2D eigenvalue weighted by atomic mass is 10.3. The van der Waals surface area contributed by atoms with Crippen LogP contribution in [0.15, 0.2) is 33.9 Å². The molecule has 1 aromatic heterocycles. The van der Waals surface area contributed by atoms with Crippen LogP contribution in [0, 0.1) is 0 Å². The van der Waals surface area contributed by atoms with Crippen LogP contribution in [-0.2, 0) is 9.84 Å². The van der Waals surface area contributed by atoms with Crippen molar-refractivity contribution in [2.75, 3.05) is 13.1 Å². The van der Waals surface area contributed by atoms with Gasteiger partial charge in [0, 0.05) is 6.54 Å². The van der Waals surface area contributed by atoms with E-state index in [0.717, 1.165) is 6.54 Å². The van der Waals surface area contributed by atoms with Crippen molar-refractivity contribution in [2.24, 2.45) is 0 Å². The van der Waals surface area contributed by atoms with Gasteiger partial charge < -0.3 is 9.73 Å². The van der Waals surface area contributed by atoms with Crippen molar-refractivity contribution >= 4 is 20.9 Å². The van der Waals surface area contributed by atoms with Gasteiger partial charge in [0.15, 0.2) is 5.58 Å². The largest absolute Gasteiger partial charge is 0.428 e. The quantitative estimate of drug-likeness (QED) is 0.862. The molecule has 0 unspecified atom stereocenters. The average molecular weight is 252 g/mol. The van der Waals surface area contributed by atoms with Gasteiger partial charge in [-0.3, -0.25) is 0 Å². The highest BCUT2D eigenvalue weighted by molar-refractivity contribution is 7.91. The molecule has 1 fully saturated rings. The predicted octanol–water partition coefficient (Wildman–Crippen LogP) is 0.963. The summed E-state index contributed by atoms with van der Waals surface area (Å²) < 4.78 is 29.7. The van der Waals surface area contributed by atoms with Gasteiger partial charge in [-0.2, -0.15) is 4.98 Å². The molecule has 1 aliphatic heterocycles. The van der Waals surface area contributed by atoms with Crippen molar-refractivity contribution in [1.82, 2.24) is 10.3 Å². The number of fused-ring (bicyclic) bond motifs is 1. The topological polar surface area (TPSA) is 72.2 Å². The van der Waals surface area contributed by atoms with Crippen molar-refractivity contribution in [3.05, 3.63) is 24.3 Å². The van der Waals surface area contributed by atoms with Crippen LogP contribution in [0.25, 0.3) is 11.1 Å². The minimum atomic E-state index is -3.44. The molecule has 1 N–H and O–H groups in total. The van der Waals surface area contributed by atoms with Crippen molar-refractivity contribution in [3.8, 4) is 0 Å². The van der Waals surface area contributed by atoms with E-state index in [1.54, 1.807) is 24.3 Å². The van der Waals surface area contributed by atoms with Crippen LogP contribution in [-0.4, -0.2) is 31.7 Å². The molecule has 0 amide bonds. The van der Waals surface area contributed by atoms with E-state index in [4.69, 9.17) is 4.42 Å². The van der Waals surface area contributed by atoms with E-state index in [1.165, 1.54) is 0 Å². The molecular formula is C11H12N2O3S. The highest BCUT2D eigenvalue weighted by Gasteiger charge is 2.34. The minimum absolute atomic E-state index is 0.160. The molecule has 17 heavy (non-hydrogen) atoms. The first-order chi connectivity index (χ1) is 8.18. The molecule has 0 radical (unpaired) electrons. The summed E-state index contributed by atoms with van der Waals surface area (Å²) in [4.78, 5) is 4.05. The van der Waals surface area contributed by atoms with E-state index in [1.807, 2.05) is 0 Å². The molecule has 90 valence electrons. The Morgan fingerprint density at radius 1 is 1.35 bits per heavy atom. The van der Waals surface area contributed by atoms with Crippen LogP contribution < -0.4 is 5.32 Å². The SMILES string of the molecule is O=S(=O)(c1nc2ccccc2o1)[C@H]1CCNC1. The lowest BCUT2D eigenvalue weighted by Crippen LogP contribution is -2.24. The highest BCUT2D eigenvalue weighted by Crippen LogP contribution is 2.23. The Hall–Kier alpha value is -1.40. The smallest absolute Gasteiger partial charge is 0.316 e. The number of benzene rings is 1. The van der Waals surface area contributed by atoms with Gasteiger partial charge in [-0.05, 0) is 25.1 Å². The summed E-state index contributed by atoms with van der Waals surface area (Å²) in [6.07, 6.45) is 0.612. The maximum Gasteiger partial charge on any atom is 0.316 e. The van der Waals surface area contributed by atoms with Gasteiger partial charge >= 0.3 is 5.22 Å². The summed E-state index contributed by atoms with van der Waals surface area (Å²) in [6, 6.07) is 7.05. The molecular weight excluding hydrogens is 240 g/mol. The standard InChI is InChI=1S/C11H12N2O3S/c14-17(15,8-5-6-12-7-8)11-13-9-3-1-2-4-10(9)16-11/h1-4,8,12H,5-7H2/t8-/m0/s1. The summed E-state index contributed by atoms with van der Waals surface area (Å²) >= 11 is 0. The fraction of sp³-hybridized carbons (Fsp3) is 0.364. The van der Waals surface area contributed by atoms with E-state index in [-0.39, 0.29) is 5.22 Å². The van der Waals surface area contributed by atoms with E-state index in [0.29, 0.717) is 24.1 Å². The van der Waals surface area contributed by atoms with Crippen LogP contribution in [0.3, 0.4) is 0 Å². The average Bonchev–Trinajstić information content (AvgIpc) is 2.98. The lowest BCUT2D eigenvalue weighted by Gasteiger charge is -2.05. The van der Waals surface area contributed by atoms with Gasteiger partial charge in [-0.15, -0.1) is 0 Å². The zero-order chi connectivity index (χ0) is 11.9. The molecule has 0 bridgehead atoms. The molecule has 5 nitrogen and oxygen atoms in total. The normalized spacial score (nSPS) is 21.1. The lowest BCUT2D eigenvalue weighted by molar-refractivity contribution is 0.454. The fourth-order valence-corrected chi connectivity index (χ4v) is 3.49. The fourth-order valence-electron chi connectivity index (χ4n) is 2.01. The number of nitrogens with one attached hydrogen (secondary N) is 1. The summed E-state index contributed by atoms with van der Waals surface area (Å²) in [5.41, 5.74) is 1.09. The molecule has 6 heteroatoms. The molecule has 1 aromatic carbocycles. The molecule has 1 aliphatic rings. The van der Waals surface area contributed by atoms with Gasteiger partial charge in [0.1, 0.15) is 5.52 Å².